The van der Waals surface area contributed by atoms with Gasteiger partial charge in [-0.2, -0.15) is 0 Å². The molecule has 76 valence electrons. The zero-order chi connectivity index (χ0) is 10.1. The molecule has 1 unspecified atom stereocenters. The smallest absolute Gasteiger partial charge is 0.00761 e. The molecular weight excluding hydrogens is 158 g/mol. The van der Waals surface area contributed by atoms with Crippen molar-refractivity contribution in [1.82, 2.24) is 5.32 Å². The van der Waals surface area contributed by atoms with Gasteiger partial charge < -0.3 is 5.32 Å². The molecule has 0 bridgehead atoms. The zero-order valence-electron chi connectivity index (χ0n) is 9.17. The van der Waals surface area contributed by atoms with Crippen LogP contribution in [0.5, 0.6) is 0 Å². The molecule has 0 amide bonds. The Morgan fingerprint density at radius 1 is 1.23 bits per heavy atom. The van der Waals surface area contributed by atoms with E-state index in [9.17, 15) is 0 Å². The Kier molecular flexibility index (Phi) is 7.32. The quantitative estimate of drug-likeness (QED) is 0.755. The molecule has 1 aromatic rings. The first-order valence-electron chi connectivity index (χ1n) is 5.04. The van der Waals surface area contributed by atoms with Crippen molar-refractivity contribution >= 4 is 0 Å². The Hall–Kier alpha value is -0.820. The van der Waals surface area contributed by atoms with Gasteiger partial charge in [0.25, 0.3) is 0 Å². The third-order valence-corrected chi connectivity index (χ3v) is 1.88. The largest absolute Gasteiger partial charge is 0.317 e. The highest BCUT2D eigenvalue weighted by Crippen LogP contribution is 2.01. The normalized spacial score (nSPS) is 11.4. The predicted molar refractivity (Wildman–Crippen MR) is 62.1 cm³/mol. The van der Waals surface area contributed by atoms with Crippen molar-refractivity contribution in [3.63, 3.8) is 0 Å². The molecule has 0 radical (unpaired) electrons. The maximum atomic E-state index is 3.21. The van der Waals surface area contributed by atoms with Gasteiger partial charge in [0.05, 0.1) is 0 Å². The van der Waals surface area contributed by atoms with Gasteiger partial charge in [0, 0.05) is 7.47 Å². The summed E-state index contributed by atoms with van der Waals surface area (Å²) in [6.45, 7) is 6.19. The van der Waals surface area contributed by atoms with E-state index in [1.807, 2.05) is 27.0 Å². The van der Waals surface area contributed by atoms with Gasteiger partial charge in [0.1, 0.15) is 0 Å². The standard InChI is InChI=1S/C10H15N.C2H6.H2/c1-9(11-2)8-10-6-4-3-5-7-10;1-2;/h3-7,9,11H,8H2,1-2H3;1-2H3;1H. The van der Waals surface area contributed by atoms with E-state index in [1.165, 1.54) is 5.56 Å². The van der Waals surface area contributed by atoms with Gasteiger partial charge in [-0.15, -0.1) is 0 Å². The highest BCUT2D eigenvalue weighted by Gasteiger charge is 1.97. The minimum Gasteiger partial charge on any atom is -0.317 e. The second-order valence-electron chi connectivity index (χ2n) is 2.88. The van der Waals surface area contributed by atoms with Crippen molar-refractivity contribution in [1.29, 1.82) is 0 Å². The SMILES string of the molecule is CC.CNC(C)Cc1ccccc1.[HH]. The predicted octanol–water partition coefficient (Wildman–Crippen LogP) is 3.11. The fourth-order valence-electron chi connectivity index (χ4n) is 1.07. The second-order valence-corrected chi connectivity index (χ2v) is 2.88. The van der Waals surface area contributed by atoms with Crippen LogP contribution in [0.4, 0.5) is 0 Å². The summed E-state index contributed by atoms with van der Waals surface area (Å²) in [5.74, 6) is 0. The van der Waals surface area contributed by atoms with E-state index in [4.69, 9.17) is 0 Å². The fourth-order valence-corrected chi connectivity index (χ4v) is 1.07. The summed E-state index contributed by atoms with van der Waals surface area (Å²) in [5, 5.41) is 3.21. The topological polar surface area (TPSA) is 12.0 Å². The molecule has 0 saturated carbocycles. The van der Waals surface area contributed by atoms with Crippen molar-refractivity contribution in [3.8, 4) is 0 Å². The molecule has 13 heavy (non-hydrogen) atoms. The maximum Gasteiger partial charge on any atom is 0.00761 e. The number of likely N-dealkylation sites (N-methyl/N-ethyl adjacent to an activating group) is 1. The van der Waals surface area contributed by atoms with Crippen LogP contribution in [0.15, 0.2) is 30.3 Å². The number of nitrogens with one attached hydrogen (secondary N) is 1. The zero-order valence-corrected chi connectivity index (χ0v) is 9.17. The average molecular weight is 181 g/mol. The van der Waals surface area contributed by atoms with Crippen LogP contribution in [0, 0.1) is 0 Å². The lowest BCUT2D eigenvalue weighted by Crippen LogP contribution is -2.23. The lowest BCUT2D eigenvalue weighted by molar-refractivity contribution is 0.608. The number of benzene rings is 1. The van der Waals surface area contributed by atoms with Crippen LogP contribution in [0.1, 0.15) is 27.8 Å². The van der Waals surface area contributed by atoms with Crippen LogP contribution < -0.4 is 5.32 Å². The van der Waals surface area contributed by atoms with Crippen molar-refractivity contribution in [2.24, 2.45) is 0 Å². The molecule has 1 atom stereocenters. The van der Waals surface area contributed by atoms with Gasteiger partial charge in [-0.25, -0.2) is 0 Å². The van der Waals surface area contributed by atoms with Gasteiger partial charge in [0.2, 0.25) is 0 Å². The van der Waals surface area contributed by atoms with Gasteiger partial charge in [-0.1, -0.05) is 44.2 Å². The van der Waals surface area contributed by atoms with Crippen LogP contribution in [0.25, 0.3) is 0 Å². The number of rotatable bonds is 3. The molecular formula is C12H23N. The summed E-state index contributed by atoms with van der Waals surface area (Å²) in [6, 6.07) is 11.1. The lowest BCUT2D eigenvalue weighted by Gasteiger charge is -2.08. The minimum atomic E-state index is 0. The second kappa shape index (κ2) is 7.81. The molecule has 1 N–H and O–H groups in total. The lowest BCUT2D eigenvalue weighted by atomic mass is 10.1. The Morgan fingerprint density at radius 3 is 2.23 bits per heavy atom. The molecule has 1 rings (SSSR count). The maximum absolute atomic E-state index is 3.21. The molecule has 0 aliphatic carbocycles. The molecule has 0 aliphatic rings. The van der Waals surface area contributed by atoms with Crippen molar-refractivity contribution in [2.45, 2.75) is 33.2 Å². The molecule has 0 heterocycles. The summed E-state index contributed by atoms with van der Waals surface area (Å²) in [7, 11) is 1.99. The molecule has 0 aliphatic heterocycles. The molecule has 1 heteroatoms. The monoisotopic (exact) mass is 181 g/mol. The summed E-state index contributed by atoms with van der Waals surface area (Å²) in [6.07, 6.45) is 1.11. The van der Waals surface area contributed by atoms with Crippen LogP contribution in [0.3, 0.4) is 0 Å². The number of hydrogen-bond donors (Lipinski definition) is 1. The van der Waals surface area contributed by atoms with Crippen LogP contribution in [-0.2, 0) is 6.42 Å². The van der Waals surface area contributed by atoms with Gasteiger partial charge >= 0.3 is 0 Å². The summed E-state index contributed by atoms with van der Waals surface area (Å²) < 4.78 is 0. The molecule has 1 nitrogen and oxygen atoms in total. The van der Waals surface area contributed by atoms with Gasteiger partial charge in [0.15, 0.2) is 0 Å². The van der Waals surface area contributed by atoms with E-state index < -0.39 is 0 Å². The first-order valence-corrected chi connectivity index (χ1v) is 5.04. The molecule has 0 aromatic heterocycles. The van der Waals surface area contributed by atoms with E-state index in [-0.39, 0.29) is 1.43 Å². The first-order chi connectivity index (χ1) is 6.33. The van der Waals surface area contributed by atoms with Gasteiger partial charge in [-0.3, -0.25) is 0 Å². The summed E-state index contributed by atoms with van der Waals surface area (Å²) in [4.78, 5) is 0. The van der Waals surface area contributed by atoms with E-state index in [2.05, 4.69) is 36.5 Å². The highest BCUT2D eigenvalue weighted by atomic mass is 14.8. The van der Waals surface area contributed by atoms with E-state index >= 15 is 0 Å². The number of hydrogen-bond acceptors (Lipinski definition) is 1. The van der Waals surface area contributed by atoms with E-state index in [0.717, 1.165) is 6.42 Å². The van der Waals surface area contributed by atoms with Crippen LogP contribution >= 0.6 is 0 Å². The van der Waals surface area contributed by atoms with Crippen LogP contribution in [0.2, 0.25) is 0 Å². The molecule has 1 aromatic carbocycles. The Morgan fingerprint density at radius 2 is 1.77 bits per heavy atom. The Balaban J connectivity index is 0. The van der Waals surface area contributed by atoms with Crippen LogP contribution in [-0.4, -0.2) is 13.1 Å². The van der Waals surface area contributed by atoms with Crippen molar-refractivity contribution in [2.75, 3.05) is 7.05 Å². The van der Waals surface area contributed by atoms with Gasteiger partial charge in [-0.05, 0) is 26.0 Å². The fraction of sp³-hybridized carbons (Fsp3) is 0.500. The first kappa shape index (κ1) is 12.2. The third kappa shape index (κ3) is 5.42. The van der Waals surface area contributed by atoms with Crippen molar-refractivity contribution < 1.29 is 1.43 Å². The van der Waals surface area contributed by atoms with E-state index in [0.29, 0.717) is 6.04 Å². The highest BCUT2D eigenvalue weighted by molar-refractivity contribution is 5.15. The third-order valence-electron chi connectivity index (χ3n) is 1.88. The summed E-state index contributed by atoms with van der Waals surface area (Å²) >= 11 is 0. The Bertz CT molecular complexity index is 199. The summed E-state index contributed by atoms with van der Waals surface area (Å²) in [5.41, 5.74) is 1.40. The van der Waals surface area contributed by atoms with E-state index in [1.54, 1.807) is 0 Å². The Labute approximate surface area is 83.7 Å². The molecule has 0 spiro atoms. The van der Waals surface area contributed by atoms with Crippen molar-refractivity contribution in [3.05, 3.63) is 35.9 Å². The molecule has 0 saturated heterocycles. The average Bonchev–Trinajstić information content (AvgIpc) is 2.22. The molecule has 0 fully saturated rings. The minimum absolute atomic E-state index is 0.